The number of carboxylic acids is 1. The van der Waals surface area contributed by atoms with Gasteiger partial charge in [-0.3, -0.25) is 0 Å². The molecule has 0 unspecified atom stereocenters. The van der Waals surface area contributed by atoms with E-state index in [0.29, 0.717) is 46.2 Å². The van der Waals surface area contributed by atoms with Gasteiger partial charge in [-0.2, -0.15) is 0 Å². The lowest BCUT2D eigenvalue weighted by molar-refractivity contribution is -0.139. The van der Waals surface area contributed by atoms with Crippen LogP contribution in [0.5, 0.6) is 5.75 Å². The number of hydrogen-bond donors (Lipinski definition) is 2. The summed E-state index contributed by atoms with van der Waals surface area (Å²) in [4.78, 5) is 36.8. The normalized spacial score (nSPS) is 10.1. The Hall–Kier alpha value is -3.63. The number of ether oxygens (including phenoxy) is 1. The molecule has 12 heteroatoms. The lowest BCUT2D eigenvalue weighted by atomic mass is 10.1. The number of anilines is 1. The molecule has 0 spiro atoms. The minimum atomic E-state index is -1.09. The second-order valence-corrected chi connectivity index (χ2v) is 6.85. The summed E-state index contributed by atoms with van der Waals surface area (Å²) in [6, 6.07) is 3.53. The molecule has 0 amide bonds. The Bertz CT molecular complexity index is 1240. The second kappa shape index (κ2) is 11.3. The van der Waals surface area contributed by atoms with Crippen LogP contribution in [0.2, 0.25) is 0 Å². The van der Waals surface area contributed by atoms with E-state index in [1.165, 1.54) is 6.33 Å². The largest absolute Gasteiger partial charge is 0.480 e. The van der Waals surface area contributed by atoms with Crippen molar-refractivity contribution in [2.45, 2.75) is 20.4 Å². The van der Waals surface area contributed by atoms with Crippen LogP contribution in [0, 0.1) is 13.8 Å². The lowest BCUT2D eigenvalue weighted by Gasteiger charge is -2.13. The molecule has 0 atom stereocenters. The molecule has 1 aromatic carbocycles. The van der Waals surface area contributed by atoms with Crippen molar-refractivity contribution in [3.05, 3.63) is 60.2 Å². The minimum Gasteiger partial charge on any atom is -0.480 e. The molecule has 33 heavy (non-hydrogen) atoms. The van der Waals surface area contributed by atoms with Gasteiger partial charge in [-0.15, -0.1) is 24.8 Å². The van der Waals surface area contributed by atoms with Crippen molar-refractivity contribution >= 4 is 47.5 Å². The summed E-state index contributed by atoms with van der Waals surface area (Å²) < 4.78 is 5.50. The smallest absolute Gasteiger partial charge is 0.341 e. The Balaban J connectivity index is 0.00000193. The summed E-state index contributed by atoms with van der Waals surface area (Å²) in [7, 11) is 0. The Morgan fingerprint density at radius 2 is 1.67 bits per heavy atom. The molecule has 0 aliphatic heterocycles. The number of rotatable bonds is 7. The Morgan fingerprint density at radius 1 is 0.970 bits per heavy atom. The van der Waals surface area contributed by atoms with Crippen LogP contribution in [0.25, 0.3) is 22.3 Å². The first kappa shape index (κ1) is 25.6. The summed E-state index contributed by atoms with van der Waals surface area (Å²) >= 11 is 0. The highest BCUT2D eigenvalue weighted by atomic mass is 35.5. The van der Waals surface area contributed by atoms with Crippen LogP contribution < -0.4 is 10.1 Å². The number of carbonyl (C=O) groups is 1. The summed E-state index contributed by atoms with van der Waals surface area (Å²) in [6.45, 7) is 3.67. The monoisotopic (exact) mass is 489 g/mol. The van der Waals surface area contributed by atoms with Gasteiger partial charge in [-0.05, 0) is 31.5 Å². The van der Waals surface area contributed by atoms with Gasteiger partial charge in [0.2, 0.25) is 0 Å². The molecule has 3 heterocycles. The summed E-state index contributed by atoms with van der Waals surface area (Å²) in [5.74, 6) is 0.952. The molecule has 0 saturated heterocycles. The topological polar surface area (TPSA) is 136 Å². The fourth-order valence-electron chi connectivity index (χ4n) is 2.89. The molecule has 2 N–H and O–H groups in total. The Morgan fingerprint density at radius 3 is 2.33 bits per heavy atom. The van der Waals surface area contributed by atoms with E-state index in [2.05, 4.69) is 35.2 Å². The zero-order valence-corrected chi connectivity index (χ0v) is 19.4. The van der Waals surface area contributed by atoms with Crippen LogP contribution in [0.3, 0.4) is 0 Å². The van der Waals surface area contributed by atoms with E-state index in [1.807, 2.05) is 19.9 Å². The van der Waals surface area contributed by atoms with Gasteiger partial charge in [0.1, 0.15) is 29.2 Å². The van der Waals surface area contributed by atoms with E-state index in [0.717, 1.165) is 11.1 Å². The number of aliphatic carboxylic acids is 1. The summed E-state index contributed by atoms with van der Waals surface area (Å²) in [5.41, 5.74) is 2.95. The average Bonchev–Trinajstić information content (AvgIpc) is 2.77. The van der Waals surface area contributed by atoms with Gasteiger partial charge in [0.15, 0.2) is 12.4 Å². The number of carboxylic acid groups (broad SMARTS) is 1. The van der Waals surface area contributed by atoms with Gasteiger partial charge in [-0.25, -0.2) is 34.7 Å². The third kappa shape index (κ3) is 6.21. The SMILES string of the molecule is Cc1cnc(-c2cc(OCC(=O)O)c3ncnc(NCc4cnc(C)nc4)c3c2)nc1.Cl.Cl. The third-order valence-corrected chi connectivity index (χ3v) is 4.39. The molecule has 4 rings (SSSR count). The first-order chi connectivity index (χ1) is 15.0. The molecule has 0 aliphatic rings. The molecule has 172 valence electrons. The summed E-state index contributed by atoms with van der Waals surface area (Å²) in [6.07, 6.45) is 8.30. The number of nitrogens with zero attached hydrogens (tertiary/aromatic N) is 6. The van der Waals surface area contributed by atoms with Gasteiger partial charge in [0, 0.05) is 47.8 Å². The molecule has 3 aromatic heterocycles. The number of benzene rings is 1. The number of aromatic nitrogens is 6. The van der Waals surface area contributed by atoms with Crippen LogP contribution in [0.15, 0.2) is 43.2 Å². The highest BCUT2D eigenvalue weighted by molar-refractivity contribution is 5.96. The fourth-order valence-corrected chi connectivity index (χ4v) is 2.89. The van der Waals surface area contributed by atoms with Crippen LogP contribution in [-0.4, -0.2) is 47.6 Å². The molecule has 0 aliphatic carbocycles. The van der Waals surface area contributed by atoms with Crippen molar-refractivity contribution in [2.75, 3.05) is 11.9 Å². The van der Waals surface area contributed by atoms with Gasteiger partial charge >= 0.3 is 5.97 Å². The van der Waals surface area contributed by atoms with Crippen molar-refractivity contribution in [1.82, 2.24) is 29.9 Å². The fraction of sp³-hybridized carbons (Fsp3) is 0.190. The molecule has 4 aromatic rings. The van der Waals surface area contributed by atoms with Gasteiger partial charge < -0.3 is 15.2 Å². The molecule has 0 bridgehead atoms. The zero-order chi connectivity index (χ0) is 21.8. The quantitative estimate of drug-likeness (QED) is 0.397. The number of halogens is 2. The van der Waals surface area contributed by atoms with Crippen molar-refractivity contribution < 1.29 is 14.6 Å². The molecular formula is C21H21Cl2N7O3. The van der Waals surface area contributed by atoms with Crippen molar-refractivity contribution in [3.63, 3.8) is 0 Å². The van der Waals surface area contributed by atoms with Crippen LogP contribution in [0.4, 0.5) is 5.82 Å². The molecular weight excluding hydrogens is 469 g/mol. The van der Waals surface area contributed by atoms with E-state index in [-0.39, 0.29) is 24.8 Å². The van der Waals surface area contributed by atoms with Gasteiger partial charge in [-0.1, -0.05) is 0 Å². The molecule has 10 nitrogen and oxygen atoms in total. The number of nitrogens with one attached hydrogen (secondary N) is 1. The van der Waals surface area contributed by atoms with Crippen molar-refractivity contribution in [2.24, 2.45) is 0 Å². The summed E-state index contributed by atoms with van der Waals surface area (Å²) in [5, 5.41) is 13.0. The van der Waals surface area contributed by atoms with E-state index in [4.69, 9.17) is 9.84 Å². The average molecular weight is 490 g/mol. The number of hydrogen-bond acceptors (Lipinski definition) is 9. The Labute approximate surface area is 201 Å². The van der Waals surface area contributed by atoms with E-state index in [9.17, 15) is 4.79 Å². The first-order valence-electron chi connectivity index (χ1n) is 9.43. The Kier molecular flexibility index (Phi) is 8.78. The predicted molar refractivity (Wildman–Crippen MR) is 127 cm³/mol. The predicted octanol–water partition coefficient (Wildman–Crippen LogP) is 3.41. The second-order valence-electron chi connectivity index (χ2n) is 6.85. The number of fused-ring (bicyclic) bond motifs is 1. The van der Waals surface area contributed by atoms with E-state index >= 15 is 0 Å². The lowest BCUT2D eigenvalue weighted by Crippen LogP contribution is -2.10. The van der Waals surface area contributed by atoms with Crippen molar-refractivity contribution in [3.8, 4) is 17.1 Å². The van der Waals surface area contributed by atoms with Crippen LogP contribution in [-0.2, 0) is 11.3 Å². The third-order valence-electron chi connectivity index (χ3n) is 4.39. The molecule has 0 radical (unpaired) electrons. The minimum absolute atomic E-state index is 0. The van der Waals surface area contributed by atoms with Crippen LogP contribution in [0.1, 0.15) is 17.0 Å². The van der Waals surface area contributed by atoms with E-state index in [1.54, 1.807) is 30.9 Å². The van der Waals surface area contributed by atoms with Crippen molar-refractivity contribution in [1.29, 1.82) is 0 Å². The molecule has 0 saturated carbocycles. The molecule has 0 fully saturated rings. The van der Waals surface area contributed by atoms with Gasteiger partial charge in [0.25, 0.3) is 0 Å². The zero-order valence-electron chi connectivity index (χ0n) is 17.7. The van der Waals surface area contributed by atoms with E-state index < -0.39 is 12.6 Å². The number of aryl methyl sites for hydroxylation is 2. The highest BCUT2D eigenvalue weighted by Crippen LogP contribution is 2.33. The standard InChI is InChI=1S/C21H19N7O3.2ClH/c1-12-5-24-20(25-6-12)15-3-16-19(17(4-15)31-10-18(29)30)27-11-28-21(16)26-9-14-7-22-13(2)23-8-14;;/h3-8,11H,9-10H2,1-2H3,(H,29,30)(H,26,27,28);2*1H. The highest BCUT2D eigenvalue weighted by Gasteiger charge is 2.15. The first-order valence-corrected chi connectivity index (χ1v) is 9.43. The maximum Gasteiger partial charge on any atom is 0.341 e. The maximum atomic E-state index is 11.0. The maximum absolute atomic E-state index is 11.0. The van der Waals surface area contributed by atoms with Crippen LogP contribution >= 0.6 is 24.8 Å². The van der Waals surface area contributed by atoms with Gasteiger partial charge in [0.05, 0.1) is 0 Å².